The molecular formula is C23H23F2N3O5. The number of fused-ring (bicyclic) bond motifs is 1. The zero-order valence-electron chi connectivity index (χ0n) is 18.1. The maximum Gasteiger partial charge on any atom is 0.387 e. The van der Waals surface area contributed by atoms with E-state index in [-0.39, 0.29) is 23.1 Å². The average molecular weight is 459 g/mol. The van der Waals surface area contributed by atoms with Crippen LogP contribution in [0.25, 0.3) is 16.9 Å². The number of carbonyl (C=O) groups excluding carboxylic acids is 1. The van der Waals surface area contributed by atoms with Crippen LogP contribution in [0.5, 0.6) is 11.5 Å². The molecule has 0 spiro atoms. The van der Waals surface area contributed by atoms with Crippen molar-refractivity contribution >= 4 is 11.6 Å². The van der Waals surface area contributed by atoms with Crippen molar-refractivity contribution in [2.24, 2.45) is 0 Å². The van der Waals surface area contributed by atoms with Gasteiger partial charge < -0.3 is 24.3 Å². The quantitative estimate of drug-likeness (QED) is 0.556. The maximum absolute atomic E-state index is 13.2. The van der Waals surface area contributed by atoms with Gasteiger partial charge in [0.05, 0.1) is 32.2 Å². The zero-order valence-corrected chi connectivity index (χ0v) is 18.1. The van der Waals surface area contributed by atoms with Gasteiger partial charge in [0.1, 0.15) is 28.3 Å². The van der Waals surface area contributed by atoms with E-state index in [1.807, 2.05) is 22.7 Å². The zero-order chi connectivity index (χ0) is 23.2. The lowest BCUT2D eigenvalue weighted by Crippen LogP contribution is -2.48. The first-order chi connectivity index (χ1) is 15.9. The van der Waals surface area contributed by atoms with E-state index in [4.69, 9.17) is 18.9 Å². The molecule has 1 aliphatic heterocycles. The van der Waals surface area contributed by atoms with Gasteiger partial charge in [0.25, 0.3) is 5.91 Å². The summed E-state index contributed by atoms with van der Waals surface area (Å²) in [6.45, 7) is -2.18. The number of amides is 1. The standard InChI is InChI=1S/C23H23F2N3O5/c1-30-17-7-13(8-18(33-22(24)25)20(17)21(29)27-15-3-4-15)16-10-26-19-9-14(5-6-28(16)19)23(31-2)11-32-12-23/h5-10,15,22H,3-4,11-12H2,1-2H3,(H,27,29). The van der Waals surface area contributed by atoms with Crippen LogP contribution < -0.4 is 14.8 Å². The Hall–Kier alpha value is -3.24. The van der Waals surface area contributed by atoms with Crippen molar-refractivity contribution in [3.05, 3.63) is 47.8 Å². The molecule has 2 aromatic heterocycles. The molecule has 1 N–H and O–H groups in total. The normalized spacial score (nSPS) is 17.1. The Balaban J connectivity index is 1.57. The number of pyridine rings is 1. The molecule has 174 valence electrons. The minimum atomic E-state index is -3.10. The van der Waals surface area contributed by atoms with Crippen LogP contribution in [0.15, 0.2) is 36.7 Å². The summed E-state index contributed by atoms with van der Waals surface area (Å²) in [5.74, 6) is -0.626. The fourth-order valence-electron chi connectivity index (χ4n) is 3.96. The Bertz CT molecular complexity index is 1200. The lowest BCUT2D eigenvalue weighted by Gasteiger charge is -2.40. The van der Waals surface area contributed by atoms with Crippen LogP contribution in [0.1, 0.15) is 28.8 Å². The molecule has 1 saturated heterocycles. The second kappa shape index (κ2) is 8.27. The van der Waals surface area contributed by atoms with Crippen LogP contribution in [-0.2, 0) is 15.1 Å². The number of imidazole rings is 1. The molecule has 1 aromatic carbocycles. The fourth-order valence-corrected chi connectivity index (χ4v) is 3.96. The summed E-state index contributed by atoms with van der Waals surface area (Å²) < 4.78 is 49.3. The molecule has 33 heavy (non-hydrogen) atoms. The molecule has 5 rings (SSSR count). The average Bonchev–Trinajstić information content (AvgIpc) is 3.47. The van der Waals surface area contributed by atoms with Crippen molar-refractivity contribution in [1.29, 1.82) is 0 Å². The van der Waals surface area contributed by atoms with E-state index in [2.05, 4.69) is 10.3 Å². The predicted molar refractivity (Wildman–Crippen MR) is 114 cm³/mol. The summed E-state index contributed by atoms with van der Waals surface area (Å²) in [7, 11) is 3.02. The predicted octanol–water partition coefficient (Wildman–Crippen LogP) is 3.38. The van der Waals surface area contributed by atoms with Gasteiger partial charge >= 0.3 is 6.61 Å². The Morgan fingerprint density at radius 1 is 1.24 bits per heavy atom. The van der Waals surface area contributed by atoms with Gasteiger partial charge in [-0.1, -0.05) is 0 Å². The fraction of sp³-hybridized carbons (Fsp3) is 0.391. The van der Waals surface area contributed by atoms with Gasteiger partial charge in [-0.25, -0.2) is 4.98 Å². The molecular weight excluding hydrogens is 436 g/mol. The van der Waals surface area contributed by atoms with Crippen LogP contribution in [0.4, 0.5) is 8.78 Å². The topological polar surface area (TPSA) is 83.3 Å². The van der Waals surface area contributed by atoms with E-state index in [0.29, 0.717) is 30.1 Å². The van der Waals surface area contributed by atoms with Crippen molar-refractivity contribution in [2.75, 3.05) is 27.4 Å². The lowest BCUT2D eigenvalue weighted by molar-refractivity contribution is -0.202. The number of aromatic nitrogens is 2. The molecule has 2 fully saturated rings. The van der Waals surface area contributed by atoms with Gasteiger partial charge in [0.15, 0.2) is 0 Å². The minimum absolute atomic E-state index is 0.0470. The molecule has 8 nitrogen and oxygen atoms in total. The summed E-state index contributed by atoms with van der Waals surface area (Å²) in [5, 5.41) is 2.80. The summed E-state index contributed by atoms with van der Waals surface area (Å²) in [4.78, 5) is 17.2. The molecule has 3 heterocycles. The molecule has 10 heteroatoms. The van der Waals surface area contributed by atoms with Gasteiger partial charge in [-0.3, -0.25) is 9.20 Å². The number of hydrogen-bond donors (Lipinski definition) is 1. The van der Waals surface area contributed by atoms with E-state index in [1.165, 1.54) is 13.2 Å². The number of methoxy groups -OCH3 is 2. The van der Waals surface area contributed by atoms with Gasteiger partial charge in [-0.2, -0.15) is 8.78 Å². The van der Waals surface area contributed by atoms with Gasteiger partial charge in [-0.05, 0) is 42.7 Å². The van der Waals surface area contributed by atoms with Crippen LogP contribution in [0.2, 0.25) is 0 Å². The third-order valence-electron chi connectivity index (χ3n) is 6.04. The number of carbonyl (C=O) groups is 1. The Morgan fingerprint density at radius 3 is 2.61 bits per heavy atom. The number of ether oxygens (including phenoxy) is 4. The second-order valence-corrected chi connectivity index (χ2v) is 8.16. The first-order valence-corrected chi connectivity index (χ1v) is 10.5. The number of benzene rings is 1. The molecule has 0 unspecified atom stereocenters. The Morgan fingerprint density at radius 2 is 2.00 bits per heavy atom. The van der Waals surface area contributed by atoms with Gasteiger partial charge in [0, 0.05) is 24.9 Å². The molecule has 1 aliphatic carbocycles. The highest BCUT2D eigenvalue weighted by Gasteiger charge is 2.41. The molecule has 0 bridgehead atoms. The lowest BCUT2D eigenvalue weighted by atomic mass is 9.92. The molecule has 0 radical (unpaired) electrons. The summed E-state index contributed by atoms with van der Waals surface area (Å²) in [6.07, 6.45) is 5.18. The number of rotatable bonds is 8. The largest absolute Gasteiger partial charge is 0.496 e. The monoisotopic (exact) mass is 459 g/mol. The molecule has 0 atom stereocenters. The van der Waals surface area contributed by atoms with Crippen molar-refractivity contribution in [3.63, 3.8) is 0 Å². The van der Waals surface area contributed by atoms with E-state index >= 15 is 0 Å². The first-order valence-electron chi connectivity index (χ1n) is 10.5. The third kappa shape index (κ3) is 3.89. The number of nitrogens with zero attached hydrogens (tertiary/aromatic N) is 2. The van der Waals surface area contributed by atoms with Crippen molar-refractivity contribution in [3.8, 4) is 22.8 Å². The van der Waals surface area contributed by atoms with E-state index in [9.17, 15) is 13.6 Å². The third-order valence-corrected chi connectivity index (χ3v) is 6.04. The summed E-state index contributed by atoms with van der Waals surface area (Å²) >= 11 is 0. The smallest absolute Gasteiger partial charge is 0.387 e. The molecule has 1 amide bonds. The number of hydrogen-bond acceptors (Lipinski definition) is 6. The van der Waals surface area contributed by atoms with Crippen molar-refractivity contribution in [2.45, 2.75) is 31.1 Å². The highest BCUT2D eigenvalue weighted by atomic mass is 19.3. The van der Waals surface area contributed by atoms with Crippen LogP contribution in [-0.4, -0.2) is 55.4 Å². The molecule has 2 aliphatic rings. The van der Waals surface area contributed by atoms with Crippen LogP contribution in [0.3, 0.4) is 0 Å². The highest BCUT2D eigenvalue weighted by Crippen LogP contribution is 2.38. The van der Waals surface area contributed by atoms with E-state index in [0.717, 1.165) is 18.4 Å². The summed E-state index contributed by atoms with van der Waals surface area (Å²) in [5.41, 5.74) is 2.17. The van der Waals surface area contributed by atoms with Crippen molar-refractivity contribution in [1.82, 2.24) is 14.7 Å². The first kappa shape index (κ1) is 21.6. The van der Waals surface area contributed by atoms with Gasteiger partial charge in [0.2, 0.25) is 0 Å². The SMILES string of the molecule is COc1cc(-c2cnc3cc(C4(OC)COC4)ccn23)cc(OC(F)F)c1C(=O)NC1CC1. The molecule has 1 saturated carbocycles. The van der Waals surface area contributed by atoms with Gasteiger partial charge in [-0.15, -0.1) is 0 Å². The maximum atomic E-state index is 13.2. The summed E-state index contributed by atoms with van der Waals surface area (Å²) in [6, 6.07) is 6.89. The number of alkyl halides is 2. The Labute approximate surface area is 188 Å². The van der Waals surface area contributed by atoms with Crippen LogP contribution >= 0.6 is 0 Å². The van der Waals surface area contributed by atoms with E-state index < -0.39 is 18.1 Å². The minimum Gasteiger partial charge on any atom is -0.496 e. The van der Waals surface area contributed by atoms with E-state index in [1.54, 1.807) is 19.4 Å². The molecule has 3 aromatic rings. The highest BCUT2D eigenvalue weighted by molar-refractivity contribution is 6.01. The van der Waals surface area contributed by atoms with Crippen molar-refractivity contribution < 1.29 is 32.5 Å². The Kier molecular flexibility index (Phi) is 5.41. The van der Waals surface area contributed by atoms with Crippen LogP contribution in [0, 0.1) is 0 Å². The number of halogens is 2. The number of nitrogens with one attached hydrogen (secondary N) is 1. The second-order valence-electron chi connectivity index (χ2n) is 8.16.